The Bertz CT molecular complexity index is 1010. The molecule has 0 aliphatic rings. The molecule has 0 aliphatic heterocycles. The molecule has 6 nitrogen and oxygen atoms in total. The maximum Gasteiger partial charge on any atom is 0.266 e. The lowest BCUT2D eigenvalue weighted by molar-refractivity contribution is 0.415. The molecule has 7 heteroatoms. The summed E-state index contributed by atoms with van der Waals surface area (Å²) in [5, 5.41) is 13.1. The molecule has 25 heavy (non-hydrogen) atoms. The monoisotopic (exact) mass is 352 g/mol. The van der Waals surface area contributed by atoms with Gasteiger partial charge in [0.1, 0.15) is 17.4 Å². The Balaban J connectivity index is 1.95. The fourth-order valence-electron chi connectivity index (χ4n) is 2.44. The van der Waals surface area contributed by atoms with Crippen LogP contribution in [0.25, 0.3) is 10.4 Å². The van der Waals surface area contributed by atoms with Gasteiger partial charge in [0.25, 0.3) is 5.56 Å². The van der Waals surface area contributed by atoms with Crippen molar-refractivity contribution in [1.82, 2.24) is 9.97 Å². The summed E-state index contributed by atoms with van der Waals surface area (Å²) in [6, 6.07) is 11.1. The number of aryl methyl sites for hydroxylation is 2. The first-order valence-electron chi connectivity index (χ1n) is 7.54. The quantitative estimate of drug-likeness (QED) is 0.746. The van der Waals surface area contributed by atoms with Gasteiger partial charge in [-0.2, -0.15) is 5.26 Å². The van der Waals surface area contributed by atoms with E-state index in [4.69, 9.17) is 10.00 Å². The molecule has 0 unspecified atom stereocenters. The zero-order chi connectivity index (χ0) is 18.0. The molecule has 0 bridgehead atoms. The van der Waals surface area contributed by atoms with Crippen LogP contribution < -0.4 is 15.6 Å². The smallest absolute Gasteiger partial charge is 0.266 e. The minimum absolute atomic E-state index is 0.0954. The molecule has 0 saturated carbocycles. The SMILES string of the molecule is COc1ccc(Nc2nc(C)c(-c3cc(C#N)c(=O)[nH]c3C)s2)cc1. The number of thiazole rings is 1. The minimum Gasteiger partial charge on any atom is -0.497 e. The third-order valence-electron chi connectivity index (χ3n) is 3.74. The van der Waals surface area contributed by atoms with Gasteiger partial charge in [-0.15, -0.1) is 0 Å². The van der Waals surface area contributed by atoms with Crippen molar-refractivity contribution in [3.8, 4) is 22.3 Å². The topological polar surface area (TPSA) is 90.8 Å². The van der Waals surface area contributed by atoms with E-state index >= 15 is 0 Å². The summed E-state index contributed by atoms with van der Waals surface area (Å²) < 4.78 is 5.15. The highest BCUT2D eigenvalue weighted by Gasteiger charge is 2.14. The molecule has 2 N–H and O–H groups in total. The molecule has 0 aliphatic carbocycles. The lowest BCUT2D eigenvalue weighted by Gasteiger charge is -2.04. The summed E-state index contributed by atoms with van der Waals surface area (Å²) in [5.74, 6) is 0.787. The number of aromatic amines is 1. The van der Waals surface area contributed by atoms with Gasteiger partial charge in [0.2, 0.25) is 0 Å². The van der Waals surface area contributed by atoms with Crippen LogP contribution in [0.4, 0.5) is 10.8 Å². The van der Waals surface area contributed by atoms with Crippen molar-refractivity contribution in [2.45, 2.75) is 13.8 Å². The molecular formula is C18H16N4O2S. The predicted octanol–water partition coefficient (Wildman–Crippen LogP) is 3.74. The number of benzene rings is 1. The number of nitriles is 1. The highest BCUT2D eigenvalue weighted by Crippen LogP contribution is 2.35. The lowest BCUT2D eigenvalue weighted by Crippen LogP contribution is -2.11. The number of methoxy groups -OCH3 is 1. The van der Waals surface area contributed by atoms with Crippen molar-refractivity contribution in [3.63, 3.8) is 0 Å². The van der Waals surface area contributed by atoms with Crippen LogP contribution in [0.2, 0.25) is 0 Å². The molecular weight excluding hydrogens is 336 g/mol. The van der Waals surface area contributed by atoms with Crippen molar-refractivity contribution in [3.05, 3.63) is 57.6 Å². The number of rotatable bonds is 4. The molecule has 0 atom stereocenters. The number of aromatic nitrogens is 2. The second kappa shape index (κ2) is 6.79. The van der Waals surface area contributed by atoms with Gasteiger partial charge < -0.3 is 15.0 Å². The van der Waals surface area contributed by atoms with E-state index in [1.165, 1.54) is 11.3 Å². The van der Waals surface area contributed by atoms with Crippen molar-refractivity contribution < 1.29 is 4.74 Å². The van der Waals surface area contributed by atoms with Crippen LogP contribution in [-0.4, -0.2) is 17.1 Å². The van der Waals surface area contributed by atoms with Crippen LogP contribution in [0.3, 0.4) is 0 Å². The van der Waals surface area contributed by atoms with Gasteiger partial charge in [-0.25, -0.2) is 4.98 Å². The first kappa shape index (κ1) is 16.7. The number of nitrogens with one attached hydrogen (secondary N) is 2. The molecule has 0 spiro atoms. The van der Waals surface area contributed by atoms with Gasteiger partial charge in [0.15, 0.2) is 5.13 Å². The van der Waals surface area contributed by atoms with Gasteiger partial charge in [-0.05, 0) is 44.2 Å². The third-order valence-corrected chi connectivity index (χ3v) is 4.85. The Morgan fingerprint density at radius 1 is 1.28 bits per heavy atom. The van der Waals surface area contributed by atoms with Crippen LogP contribution in [0, 0.1) is 25.2 Å². The molecule has 3 rings (SSSR count). The first-order valence-corrected chi connectivity index (χ1v) is 8.36. The van der Waals surface area contributed by atoms with Crippen molar-refractivity contribution in [2.75, 3.05) is 12.4 Å². The molecule has 0 radical (unpaired) electrons. The van der Waals surface area contributed by atoms with Crippen LogP contribution in [0.15, 0.2) is 35.1 Å². The Morgan fingerprint density at radius 3 is 2.64 bits per heavy atom. The average Bonchev–Trinajstić information content (AvgIpc) is 2.96. The number of ether oxygens (including phenoxy) is 1. The van der Waals surface area contributed by atoms with Crippen LogP contribution in [0.1, 0.15) is 17.0 Å². The summed E-state index contributed by atoms with van der Waals surface area (Å²) in [7, 11) is 1.63. The van der Waals surface area contributed by atoms with Crippen molar-refractivity contribution >= 4 is 22.2 Å². The van der Waals surface area contributed by atoms with E-state index in [9.17, 15) is 4.79 Å². The molecule has 0 amide bonds. The van der Waals surface area contributed by atoms with Crippen LogP contribution >= 0.6 is 11.3 Å². The predicted molar refractivity (Wildman–Crippen MR) is 98.6 cm³/mol. The number of hydrogen-bond acceptors (Lipinski definition) is 6. The second-order valence-electron chi connectivity index (χ2n) is 5.45. The summed E-state index contributed by atoms with van der Waals surface area (Å²) in [6.45, 7) is 3.72. The molecule has 2 aromatic heterocycles. The fraction of sp³-hybridized carbons (Fsp3) is 0.167. The van der Waals surface area contributed by atoms with E-state index in [0.717, 1.165) is 32.7 Å². The maximum atomic E-state index is 11.7. The number of H-pyrrole nitrogens is 1. The Kier molecular flexibility index (Phi) is 4.55. The summed E-state index contributed by atoms with van der Waals surface area (Å²) in [4.78, 5) is 19.9. The second-order valence-corrected chi connectivity index (χ2v) is 6.45. The standard InChI is InChI=1S/C18H16N4O2S/c1-10-15(8-12(9-19)17(23)20-10)16-11(2)21-18(25-16)22-13-4-6-14(24-3)7-5-13/h4-8H,1-3H3,(H,20,23)(H,21,22). The third kappa shape index (κ3) is 3.39. The van der Waals surface area contributed by atoms with E-state index in [2.05, 4.69) is 15.3 Å². The minimum atomic E-state index is -0.373. The molecule has 126 valence electrons. The van der Waals surface area contributed by atoms with E-state index in [-0.39, 0.29) is 11.1 Å². The van der Waals surface area contributed by atoms with Gasteiger partial charge in [-0.1, -0.05) is 11.3 Å². The number of anilines is 2. The van der Waals surface area contributed by atoms with Crippen LogP contribution in [0.5, 0.6) is 5.75 Å². The Labute approximate surface area is 148 Å². The average molecular weight is 352 g/mol. The van der Waals surface area contributed by atoms with Gasteiger partial charge in [-0.3, -0.25) is 4.79 Å². The van der Waals surface area contributed by atoms with E-state index in [1.54, 1.807) is 13.2 Å². The van der Waals surface area contributed by atoms with Crippen LogP contribution in [-0.2, 0) is 0 Å². The van der Waals surface area contributed by atoms with E-state index in [0.29, 0.717) is 5.69 Å². The lowest BCUT2D eigenvalue weighted by atomic mass is 10.1. The zero-order valence-electron chi connectivity index (χ0n) is 14.0. The molecule has 2 heterocycles. The highest BCUT2D eigenvalue weighted by molar-refractivity contribution is 7.19. The number of hydrogen-bond donors (Lipinski definition) is 2. The van der Waals surface area contributed by atoms with Crippen molar-refractivity contribution in [1.29, 1.82) is 5.26 Å². The first-order chi connectivity index (χ1) is 12.0. The summed E-state index contributed by atoms with van der Waals surface area (Å²) >= 11 is 1.47. The van der Waals surface area contributed by atoms with Gasteiger partial charge in [0, 0.05) is 16.9 Å². The Morgan fingerprint density at radius 2 is 2.00 bits per heavy atom. The highest BCUT2D eigenvalue weighted by atomic mass is 32.1. The largest absolute Gasteiger partial charge is 0.497 e. The fourth-order valence-corrected chi connectivity index (χ4v) is 3.50. The van der Waals surface area contributed by atoms with Gasteiger partial charge in [0.05, 0.1) is 17.7 Å². The summed E-state index contributed by atoms with van der Waals surface area (Å²) in [5.41, 5.74) is 2.98. The van der Waals surface area contributed by atoms with Gasteiger partial charge >= 0.3 is 0 Å². The zero-order valence-corrected chi connectivity index (χ0v) is 14.8. The maximum absolute atomic E-state index is 11.7. The number of nitrogens with zero attached hydrogens (tertiary/aromatic N) is 2. The Hall–Kier alpha value is -3.11. The number of pyridine rings is 1. The summed E-state index contributed by atoms with van der Waals surface area (Å²) in [6.07, 6.45) is 0. The van der Waals surface area contributed by atoms with E-state index < -0.39 is 0 Å². The van der Waals surface area contributed by atoms with E-state index in [1.807, 2.05) is 44.2 Å². The molecule has 1 aromatic carbocycles. The normalized spacial score (nSPS) is 10.3. The molecule has 0 saturated heterocycles. The molecule has 0 fully saturated rings. The molecule has 3 aromatic rings. The van der Waals surface area contributed by atoms with Crippen molar-refractivity contribution in [2.24, 2.45) is 0 Å².